The van der Waals surface area contributed by atoms with Crippen molar-refractivity contribution in [2.45, 2.75) is 46.2 Å². The molecule has 0 aliphatic rings. The van der Waals surface area contributed by atoms with E-state index in [9.17, 15) is 0 Å². The van der Waals surface area contributed by atoms with E-state index >= 15 is 0 Å². The Labute approximate surface area is 128 Å². The standard InChI is InChI=1S/C18H28N2O/c1-14(2)8-11-21-12-10-20-9-7-17-16(13-15(3)19)5-4-6-18(17)20/h4-7,9,14-15H,8,10-13,19H2,1-3H3. The molecule has 1 aromatic carbocycles. The summed E-state index contributed by atoms with van der Waals surface area (Å²) < 4.78 is 7.99. The molecule has 116 valence electrons. The fourth-order valence-corrected chi connectivity index (χ4v) is 2.59. The molecule has 0 radical (unpaired) electrons. The van der Waals surface area contributed by atoms with E-state index in [2.05, 4.69) is 55.8 Å². The minimum Gasteiger partial charge on any atom is -0.380 e. The van der Waals surface area contributed by atoms with Gasteiger partial charge < -0.3 is 15.0 Å². The van der Waals surface area contributed by atoms with E-state index in [0.717, 1.165) is 32.6 Å². The lowest BCUT2D eigenvalue weighted by Crippen LogP contribution is -2.17. The smallest absolute Gasteiger partial charge is 0.0645 e. The molecular weight excluding hydrogens is 260 g/mol. The average Bonchev–Trinajstić information content (AvgIpc) is 2.82. The van der Waals surface area contributed by atoms with Crippen molar-refractivity contribution in [1.82, 2.24) is 4.57 Å². The number of nitrogens with zero attached hydrogens (tertiary/aromatic N) is 1. The SMILES string of the molecule is CC(C)CCOCCn1ccc2c(CC(C)N)cccc21. The lowest BCUT2D eigenvalue weighted by Gasteiger charge is -2.10. The van der Waals surface area contributed by atoms with Gasteiger partial charge >= 0.3 is 0 Å². The highest BCUT2D eigenvalue weighted by Gasteiger charge is 2.07. The van der Waals surface area contributed by atoms with Crippen LogP contribution in [0.4, 0.5) is 0 Å². The maximum Gasteiger partial charge on any atom is 0.0645 e. The Bertz CT molecular complexity index is 557. The summed E-state index contributed by atoms with van der Waals surface area (Å²) in [5.74, 6) is 0.707. The molecule has 0 spiro atoms. The summed E-state index contributed by atoms with van der Waals surface area (Å²) in [7, 11) is 0. The second kappa shape index (κ2) is 7.62. The Hall–Kier alpha value is -1.32. The van der Waals surface area contributed by atoms with Crippen LogP contribution in [0.15, 0.2) is 30.5 Å². The number of benzene rings is 1. The van der Waals surface area contributed by atoms with Crippen LogP contribution in [-0.4, -0.2) is 23.8 Å². The molecule has 0 saturated heterocycles. The number of hydrogen-bond donors (Lipinski definition) is 1. The fraction of sp³-hybridized carbons (Fsp3) is 0.556. The third kappa shape index (κ3) is 4.58. The summed E-state index contributed by atoms with van der Waals surface area (Å²) in [6.45, 7) is 9.04. The largest absolute Gasteiger partial charge is 0.380 e. The van der Waals surface area contributed by atoms with Crippen LogP contribution >= 0.6 is 0 Å². The molecule has 1 heterocycles. The number of nitrogens with two attached hydrogens (primary N) is 1. The third-order valence-electron chi connectivity index (χ3n) is 3.76. The van der Waals surface area contributed by atoms with Crippen LogP contribution in [-0.2, 0) is 17.7 Å². The van der Waals surface area contributed by atoms with Crippen LogP contribution < -0.4 is 5.73 Å². The van der Waals surface area contributed by atoms with E-state index in [1.807, 2.05) is 0 Å². The van der Waals surface area contributed by atoms with Gasteiger partial charge in [-0.25, -0.2) is 0 Å². The number of aromatic nitrogens is 1. The van der Waals surface area contributed by atoms with Crippen LogP contribution in [0.5, 0.6) is 0 Å². The maximum atomic E-state index is 5.93. The first kappa shape index (κ1) is 16.1. The molecule has 2 N–H and O–H groups in total. The first-order chi connectivity index (χ1) is 10.1. The Kier molecular flexibility index (Phi) is 5.83. The first-order valence-electron chi connectivity index (χ1n) is 7.98. The van der Waals surface area contributed by atoms with Crippen molar-refractivity contribution in [3.8, 4) is 0 Å². The fourth-order valence-electron chi connectivity index (χ4n) is 2.59. The van der Waals surface area contributed by atoms with Crippen LogP contribution in [0, 0.1) is 5.92 Å². The second-order valence-corrected chi connectivity index (χ2v) is 6.34. The lowest BCUT2D eigenvalue weighted by molar-refractivity contribution is 0.117. The van der Waals surface area contributed by atoms with Gasteiger partial charge in [0.05, 0.1) is 6.61 Å². The quantitative estimate of drug-likeness (QED) is 0.754. The molecule has 0 bridgehead atoms. The first-order valence-corrected chi connectivity index (χ1v) is 7.98. The van der Waals surface area contributed by atoms with Gasteiger partial charge in [-0.3, -0.25) is 0 Å². The zero-order valence-electron chi connectivity index (χ0n) is 13.5. The van der Waals surface area contributed by atoms with Crippen molar-refractivity contribution in [3.05, 3.63) is 36.0 Å². The van der Waals surface area contributed by atoms with Crippen LogP contribution in [0.3, 0.4) is 0 Å². The van der Waals surface area contributed by atoms with Gasteiger partial charge in [-0.05, 0) is 43.4 Å². The van der Waals surface area contributed by atoms with E-state index in [1.54, 1.807) is 0 Å². The Balaban J connectivity index is 1.98. The predicted molar refractivity (Wildman–Crippen MR) is 89.6 cm³/mol. The zero-order valence-corrected chi connectivity index (χ0v) is 13.5. The maximum absolute atomic E-state index is 5.93. The normalized spacial score (nSPS) is 13.2. The van der Waals surface area contributed by atoms with Crippen molar-refractivity contribution < 1.29 is 4.74 Å². The van der Waals surface area contributed by atoms with Crippen LogP contribution in [0.1, 0.15) is 32.8 Å². The van der Waals surface area contributed by atoms with Gasteiger partial charge in [0, 0.05) is 36.3 Å². The highest BCUT2D eigenvalue weighted by atomic mass is 16.5. The van der Waals surface area contributed by atoms with Crippen molar-refractivity contribution in [3.63, 3.8) is 0 Å². The minimum absolute atomic E-state index is 0.193. The Morgan fingerprint density at radius 1 is 1.14 bits per heavy atom. The molecule has 0 aliphatic carbocycles. The highest BCUT2D eigenvalue weighted by molar-refractivity contribution is 5.83. The summed E-state index contributed by atoms with van der Waals surface area (Å²) in [4.78, 5) is 0. The molecule has 0 amide bonds. The molecule has 0 fully saturated rings. The van der Waals surface area contributed by atoms with Gasteiger partial charge in [-0.1, -0.05) is 26.0 Å². The van der Waals surface area contributed by atoms with Crippen molar-refractivity contribution >= 4 is 10.9 Å². The van der Waals surface area contributed by atoms with E-state index in [-0.39, 0.29) is 6.04 Å². The summed E-state index contributed by atoms with van der Waals surface area (Å²) in [5.41, 5.74) is 8.55. The highest BCUT2D eigenvalue weighted by Crippen LogP contribution is 2.21. The van der Waals surface area contributed by atoms with Crippen molar-refractivity contribution in [2.75, 3.05) is 13.2 Å². The van der Waals surface area contributed by atoms with Crippen LogP contribution in [0.2, 0.25) is 0 Å². The van der Waals surface area contributed by atoms with Gasteiger partial charge in [-0.2, -0.15) is 0 Å². The molecule has 0 saturated carbocycles. The van der Waals surface area contributed by atoms with Gasteiger partial charge in [0.15, 0.2) is 0 Å². The lowest BCUT2D eigenvalue weighted by atomic mass is 10.0. The molecule has 1 aromatic heterocycles. The summed E-state index contributed by atoms with van der Waals surface area (Å²) in [6.07, 6.45) is 4.21. The molecule has 3 nitrogen and oxygen atoms in total. The van der Waals surface area contributed by atoms with Crippen molar-refractivity contribution in [2.24, 2.45) is 11.7 Å². The summed E-state index contributed by atoms with van der Waals surface area (Å²) >= 11 is 0. The molecule has 2 aromatic rings. The number of ether oxygens (including phenoxy) is 1. The van der Waals surface area contributed by atoms with Gasteiger partial charge in [0.2, 0.25) is 0 Å². The number of fused-ring (bicyclic) bond motifs is 1. The van der Waals surface area contributed by atoms with Gasteiger partial charge in [0.1, 0.15) is 0 Å². The molecular formula is C18H28N2O. The predicted octanol–water partition coefficient (Wildman–Crippen LogP) is 3.59. The van der Waals surface area contributed by atoms with E-state index in [1.165, 1.54) is 16.5 Å². The topological polar surface area (TPSA) is 40.2 Å². The Morgan fingerprint density at radius 2 is 1.95 bits per heavy atom. The molecule has 21 heavy (non-hydrogen) atoms. The molecule has 2 rings (SSSR count). The number of rotatable bonds is 8. The van der Waals surface area contributed by atoms with Gasteiger partial charge in [-0.15, -0.1) is 0 Å². The second-order valence-electron chi connectivity index (χ2n) is 6.34. The van der Waals surface area contributed by atoms with Crippen LogP contribution in [0.25, 0.3) is 10.9 Å². The molecule has 1 atom stereocenters. The van der Waals surface area contributed by atoms with Gasteiger partial charge in [0.25, 0.3) is 0 Å². The van der Waals surface area contributed by atoms with E-state index < -0.39 is 0 Å². The van der Waals surface area contributed by atoms with E-state index in [4.69, 9.17) is 10.5 Å². The Morgan fingerprint density at radius 3 is 2.67 bits per heavy atom. The van der Waals surface area contributed by atoms with Crippen molar-refractivity contribution in [1.29, 1.82) is 0 Å². The molecule has 1 unspecified atom stereocenters. The summed E-state index contributed by atoms with van der Waals surface area (Å²) in [5, 5.41) is 1.32. The summed E-state index contributed by atoms with van der Waals surface area (Å²) in [6, 6.07) is 8.86. The third-order valence-corrected chi connectivity index (χ3v) is 3.76. The average molecular weight is 288 g/mol. The molecule has 0 aliphatic heterocycles. The minimum atomic E-state index is 0.193. The number of hydrogen-bond acceptors (Lipinski definition) is 2. The zero-order chi connectivity index (χ0) is 15.2. The monoisotopic (exact) mass is 288 g/mol. The molecule has 3 heteroatoms. The van der Waals surface area contributed by atoms with E-state index in [0.29, 0.717) is 5.92 Å².